The van der Waals surface area contributed by atoms with Gasteiger partial charge >= 0.3 is 267 Å². The van der Waals surface area contributed by atoms with Crippen LogP contribution in [0.5, 0.6) is 0 Å². The van der Waals surface area contributed by atoms with E-state index in [1.54, 1.807) is 8.79 Å². The molecule has 0 atom stereocenters. The van der Waals surface area contributed by atoms with E-state index >= 15 is 0 Å². The molecule has 0 heterocycles. The molecule has 0 spiro atoms. The second-order valence-corrected chi connectivity index (χ2v) is 21.6. The van der Waals surface area contributed by atoms with Crippen molar-refractivity contribution in [3.05, 3.63) is 115 Å². The Kier molecular flexibility index (Phi) is 10.2. The summed E-state index contributed by atoms with van der Waals surface area (Å²) in [4.78, 5) is 0. The van der Waals surface area contributed by atoms with Crippen molar-refractivity contribution in [3.63, 3.8) is 0 Å². The molecule has 0 aromatic heterocycles. The molecule has 0 aliphatic rings. The molecule has 0 aliphatic carbocycles. The van der Waals surface area contributed by atoms with Gasteiger partial charge in [0.25, 0.3) is 0 Å². The fraction of sp³-hybridized carbons (Fsp3) is 0.359. The first-order valence-electron chi connectivity index (χ1n) is 15.4. The summed E-state index contributed by atoms with van der Waals surface area (Å²) >= 11 is -4.63. The van der Waals surface area contributed by atoms with E-state index < -0.39 is 28.9 Å². The fourth-order valence-corrected chi connectivity index (χ4v) is 22.0. The van der Waals surface area contributed by atoms with Crippen LogP contribution in [0.15, 0.2) is 52.5 Å². The molecule has 0 saturated carbocycles. The number of aryl methyl sites for hydroxylation is 12. The van der Waals surface area contributed by atoms with Gasteiger partial charge in [0.15, 0.2) is 0 Å². The fourth-order valence-electron chi connectivity index (χ4n) is 7.35. The molecule has 0 N–H and O–H groups in total. The SMILES string of the molecule is CC/[C](=[N]/[Ge]([c]1c(C)cc(C)cc1C)[c]1c(C)cc(C)cc1C)[Ge]([c]1c(C)cc(C)cc1C)[c]1c(C)cc(C)cc1C. The van der Waals surface area contributed by atoms with E-state index in [0.717, 1.165) is 6.42 Å². The number of hydrogen-bond donors (Lipinski definition) is 0. The molecule has 4 rings (SSSR count). The molecule has 0 aliphatic heterocycles. The summed E-state index contributed by atoms with van der Waals surface area (Å²) < 4.78 is 13.9. The van der Waals surface area contributed by atoms with Gasteiger partial charge in [0.2, 0.25) is 0 Å². The summed E-state index contributed by atoms with van der Waals surface area (Å²) in [5.41, 5.74) is 16.8. The van der Waals surface area contributed by atoms with Crippen LogP contribution < -0.4 is 17.6 Å². The van der Waals surface area contributed by atoms with Crippen molar-refractivity contribution >= 4 is 51.0 Å². The van der Waals surface area contributed by atoms with Crippen LogP contribution >= 0.6 is 0 Å². The standard InChI is InChI=1S/C39H49Ge2N/c1-14-35(40(36-27(6)15-23(2)16-28(36)7)37-29(8)17-24(3)18-30(37)9)42-41(38-31(10)19-25(4)20-32(38)11)39-33(12)21-26(5)22-34(39)13/h15-22H,14H2,1-13H3/b42-35-. The van der Waals surface area contributed by atoms with E-state index in [4.69, 9.17) is 3.95 Å². The molecule has 218 valence electrons. The van der Waals surface area contributed by atoms with Gasteiger partial charge in [0.1, 0.15) is 0 Å². The molecule has 1 nitrogen and oxygen atoms in total. The quantitative estimate of drug-likeness (QED) is 0.145. The Morgan fingerprint density at radius 3 is 0.905 bits per heavy atom. The molecule has 2 radical (unpaired) electrons. The Bertz CT molecular complexity index is 1480. The minimum absolute atomic E-state index is 0.999. The van der Waals surface area contributed by atoms with E-state index in [-0.39, 0.29) is 0 Å². The van der Waals surface area contributed by atoms with E-state index in [2.05, 4.69) is 139 Å². The Morgan fingerprint density at radius 1 is 0.429 bits per heavy atom. The summed E-state index contributed by atoms with van der Waals surface area (Å²) in [6.07, 6.45) is 0.999. The topological polar surface area (TPSA) is 12.4 Å². The summed E-state index contributed by atoms with van der Waals surface area (Å²) in [6, 6.07) is 19.2. The molecular formula is C39H49Ge2N. The van der Waals surface area contributed by atoms with Gasteiger partial charge in [-0.1, -0.05) is 0 Å². The van der Waals surface area contributed by atoms with Gasteiger partial charge in [-0.2, -0.15) is 0 Å². The van der Waals surface area contributed by atoms with E-state index in [0.29, 0.717) is 0 Å². The van der Waals surface area contributed by atoms with Gasteiger partial charge in [0, 0.05) is 0 Å². The van der Waals surface area contributed by atoms with Crippen molar-refractivity contribution < 1.29 is 0 Å². The molecular weight excluding hydrogens is 628 g/mol. The van der Waals surface area contributed by atoms with Crippen LogP contribution in [0.2, 0.25) is 0 Å². The Labute approximate surface area is 265 Å². The molecule has 42 heavy (non-hydrogen) atoms. The van der Waals surface area contributed by atoms with Crippen LogP contribution in [0.4, 0.5) is 0 Å². The minimum atomic E-state index is -2.37. The zero-order valence-electron chi connectivity index (χ0n) is 28.3. The number of hydrogen-bond acceptors (Lipinski definition) is 1. The van der Waals surface area contributed by atoms with Crippen molar-refractivity contribution in [2.75, 3.05) is 0 Å². The number of nitrogens with zero attached hydrogens (tertiary/aromatic N) is 1. The molecule has 0 bridgehead atoms. The van der Waals surface area contributed by atoms with Gasteiger partial charge in [0.05, 0.1) is 0 Å². The van der Waals surface area contributed by atoms with Crippen LogP contribution in [0.25, 0.3) is 0 Å². The first kappa shape index (κ1) is 32.5. The summed E-state index contributed by atoms with van der Waals surface area (Å²) in [5.74, 6) is 0. The third-order valence-corrected chi connectivity index (χ3v) is 23.5. The van der Waals surface area contributed by atoms with Crippen LogP contribution in [0.1, 0.15) is 80.1 Å². The van der Waals surface area contributed by atoms with Crippen LogP contribution in [-0.4, -0.2) is 33.5 Å². The molecule has 4 aromatic carbocycles. The van der Waals surface area contributed by atoms with Crippen LogP contribution in [0.3, 0.4) is 0 Å². The van der Waals surface area contributed by atoms with Crippen molar-refractivity contribution in [1.29, 1.82) is 0 Å². The van der Waals surface area contributed by atoms with Crippen molar-refractivity contribution in [2.45, 2.75) is 96.4 Å². The first-order chi connectivity index (χ1) is 19.7. The van der Waals surface area contributed by atoms with Gasteiger partial charge < -0.3 is 0 Å². The summed E-state index contributed by atoms with van der Waals surface area (Å²) in [5, 5.41) is 0. The van der Waals surface area contributed by atoms with Crippen molar-refractivity contribution in [3.8, 4) is 0 Å². The van der Waals surface area contributed by atoms with E-state index in [9.17, 15) is 0 Å². The maximum atomic E-state index is 6.16. The average molecular weight is 677 g/mol. The number of rotatable bonds is 7. The van der Waals surface area contributed by atoms with E-state index in [1.165, 1.54) is 80.1 Å². The van der Waals surface area contributed by atoms with Gasteiger partial charge in [-0.3, -0.25) is 0 Å². The third-order valence-electron chi connectivity index (χ3n) is 8.55. The molecule has 0 fully saturated rings. The Hall–Kier alpha value is -2.36. The van der Waals surface area contributed by atoms with Crippen LogP contribution in [0, 0.1) is 83.1 Å². The molecule has 4 aromatic rings. The summed E-state index contributed by atoms with van der Waals surface area (Å²) in [6.45, 7) is 29.9. The summed E-state index contributed by atoms with van der Waals surface area (Å²) in [7, 11) is 0. The van der Waals surface area contributed by atoms with Crippen molar-refractivity contribution in [2.24, 2.45) is 3.95 Å². The Morgan fingerprint density at radius 2 is 0.667 bits per heavy atom. The molecule has 0 amide bonds. The second kappa shape index (κ2) is 13.1. The predicted molar refractivity (Wildman–Crippen MR) is 190 cm³/mol. The third kappa shape index (κ3) is 6.58. The molecule has 0 unspecified atom stereocenters. The Balaban J connectivity index is 2.14. The monoisotopic (exact) mass is 679 g/mol. The van der Waals surface area contributed by atoms with Crippen molar-refractivity contribution in [1.82, 2.24) is 0 Å². The molecule has 0 saturated heterocycles. The van der Waals surface area contributed by atoms with Crippen LogP contribution in [-0.2, 0) is 0 Å². The predicted octanol–water partition coefficient (Wildman–Crippen LogP) is 7.19. The average Bonchev–Trinajstić information content (AvgIpc) is 2.83. The zero-order chi connectivity index (χ0) is 31.0. The normalized spacial score (nSPS) is 12.1. The van der Waals surface area contributed by atoms with Gasteiger partial charge in [-0.15, -0.1) is 0 Å². The van der Waals surface area contributed by atoms with Gasteiger partial charge in [-0.25, -0.2) is 0 Å². The first-order valence-corrected chi connectivity index (χ1v) is 21.6. The maximum absolute atomic E-state index is 6.16. The van der Waals surface area contributed by atoms with Gasteiger partial charge in [-0.05, 0) is 0 Å². The van der Waals surface area contributed by atoms with E-state index in [1.807, 2.05) is 0 Å². The zero-order valence-corrected chi connectivity index (χ0v) is 32.5. The number of benzene rings is 4. The second-order valence-electron chi connectivity index (χ2n) is 12.7. The molecule has 3 heteroatoms.